The van der Waals surface area contributed by atoms with Gasteiger partial charge in [-0.05, 0) is 46.1 Å². The second kappa shape index (κ2) is 9.49. The van der Waals surface area contributed by atoms with E-state index in [4.69, 9.17) is 16.6 Å². The van der Waals surface area contributed by atoms with Gasteiger partial charge in [-0.2, -0.15) is 9.61 Å². The van der Waals surface area contributed by atoms with Crippen LogP contribution in [0.15, 0.2) is 65.3 Å². The lowest BCUT2D eigenvalue weighted by molar-refractivity contribution is -0.120. The van der Waals surface area contributed by atoms with E-state index >= 15 is 0 Å². The number of rotatable bonds is 7. The maximum absolute atomic E-state index is 12.2. The molecule has 0 bridgehead atoms. The maximum Gasteiger partial charge on any atom is 0.224 e. The Morgan fingerprint density at radius 3 is 2.77 bits per heavy atom. The first-order valence-electron chi connectivity index (χ1n) is 9.86. The van der Waals surface area contributed by atoms with Crippen LogP contribution in [0.3, 0.4) is 0 Å². The Bertz CT molecular complexity index is 1240. The number of hydrogen-bond acceptors (Lipinski definition) is 4. The van der Waals surface area contributed by atoms with E-state index in [0.29, 0.717) is 24.5 Å². The van der Waals surface area contributed by atoms with Gasteiger partial charge in [0.25, 0.3) is 0 Å². The molecule has 0 spiro atoms. The zero-order valence-electron chi connectivity index (χ0n) is 16.9. The second-order valence-electron chi connectivity index (χ2n) is 7.15. The van der Waals surface area contributed by atoms with Crippen LogP contribution in [0.25, 0.3) is 16.9 Å². The molecule has 1 amide bonds. The van der Waals surface area contributed by atoms with Gasteiger partial charge in [0.1, 0.15) is 5.82 Å². The van der Waals surface area contributed by atoms with Crippen LogP contribution in [0.2, 0.25) is 5.02 Å². The highest BCUT2D eigenvalue weighted by Crippen LogP contribution is 2.27. The molecular weight excluding hydrogens is 478 g/mol. The lowest BCUT2D eigenvalue weighted by Gasteiger charge is -2.12. The van der Waals surface area contributed by atoms with E-state index in [9.17, 15) is 4.79 Å². The van der Waals surface area contributed by atoms with Crippen molar-refractivity contribution in [1.29, 1.82) is 0 Å². The molecule has 0 aliphatic rings. The van der Waals surface area contributed by atoms with Crippen LogP contribution in [0.5, 0.6) is 0 Å². The summed E-state index contributed by atoms with van der Waals surface area (Å²) in [5, 5.41) is 11.3. The fourth-order valence-corrected chi connectivity index (χ4v) is 3.91. The molecule has 2 N–H and O–H groups in total. The average Bonchev–Trinajstić information content (AvgIpc) is 3.12. The van der Waals surface area contributed by atoms with Gasteiger partial charge < -0.3 is 10.6 Å². The summed E-state index contributed by atoms with van der Waals surface area (Å²) in [6.07, 6.45) is 2.02. The SMILES string of the molecule is Cc1ccccc1-c1cc(NCCNC(=O)Cc2cccc(Cl)c2)n2ncc(Br)c2n1. The Hall–Kier alpha value is -2.90. The molecule has 0 saturated heterocycles. The van der Waals surface area contributed by atoms with Crippen LogP contribution in [0.4, 0.5) is 5.82 Å². The molecular formula is C23H21BrClN5O. The molecule has 6 nitrogen and oxygen atoms in total. The van der Waals surface area contributed by atoms with Crippen molar-refractivity contribution in [2.24, 2.45) is 0 Å². The first kappa shape index (κ1) is 21.3. The van der Waals surface area contributed by atoms with Gasteiger partial charge >= 0.3 is 0 Å². The Morgan fingerprint density at radius 1 is 1.13 bits per heavy atom. The lowest BCUT2D eigenvalue weighted by atomic mass is 10.1. The summed E-state index contributed by atoms with van der Waals surface area (Å²) in [6.45, 7) is 3.09. The Balaban J connectivity index is 1.44. The van der Waals surface area contributed by atoms with Crippen molar-refractivity contribution in [3.63, 3.8) is 0 Å². The Morgan fingerprint density at radius 2 is 1.97 bits per heavy atom. The minimum Gasteiger partial charge on any atom is -0.368 e. The molecule has 0 radical (unpaired) electrons. The normalized spacial score (nSPS) is 10.9. The van der Waals surface area contributed by atoms with E-state index in [0.717, 1.165) is 38.3 Å². The molecule has 8 heteroatoms. The number of carbonyl (C=O) groups excluding carboxylic acids is 1. The van der Waals surface area contributed by atoms with Gasteiger partial charge in [0.15, 0.2) is 5.65 Å². The molecule has 158 valence electrons. The molecule has 2 heterocycles. The lowest BCUT2D eigenvalue weighted by Crippen LogP contribution is -2.30. The Labute approximate surface area is 193 Å². The van der Waals surface area contributed by atoms with Gasteiger partial charge in [-0.25, -0.2) is 4.98 Å². The molecule has 0 fully saturated rings. The zero-order chi connectivity index (χ0) is 21.8. The molecule has 0 atom stereocenters. The molecule has 0 aliphatic heterocycles. The number of aryl methyl sites for hydroxylation is 1. The predicted molar refractivity (Wildman–Crippen MR) is 128 cm³/mol. The van der Waals surface area contributed by atoms with E-state index in [1.54, 1.807) is 22.8 Å². The van der Waals surface area contributed by atoms with E-state index in [-0.39, 0.29) is 5.91 Å². The fraction of sp³-hybridized carbons (Fsp3) is 0.174. The van der Waals surface area contributed by atoms with Gasteiger partial charge in [-0.15, -0.1) is 0 Å². The summed E-state index contributed by atoms with van der Waals surface area (Å²) < 4.78 is 2.57. The van der Waals surface area contributed by atoms with Crippen molar-refractivity contribution in [1.82, 2.24) is 19.9 Å². The largest absolute Gasteiger partial charge is 0.368 e. The van der Waals surface area contributed by atoms with Crippen LogP contribution in [0, 0.1) is 6.92 Å². The molecule has 2 aromatic heterocycles. The summed E-state index contributed by atoms with van der Waals surface area (Å²) in [5.74, 6) is 0.754. The minimum absolute atomic E-state index is 0.0497. The van der Waals surface area contributed by atoms with Crippen LogP contribution in [-0.2, 0) is 11.2 Å². The van der Waals surface area contributed by atoms with Gasteiger partial charge in [0.05, 0.1) is 22.8 Å². The average molecular weight is 499 g/mol. The first-order chi connectivity index (χ1) is 15.0. The number of anilines is 1. The highest BCUT2D eigenvalue weighted by Gasteiger charge is 2.12. The third-order valence-corrected chi connectivity index (χ3v) is 5.65. The quantitative estimate of drug-likeness (QED) is 0.356. The minimum atomic E-state index is -0.0497. The summed E-state index contributed by atoms with van der Waals surface area (Å²) in [4.78, 5) is 17.0. The Kier molecular flexibility index (Phi) is 6.53. The highest BCUT2D eigenvalue weighted by atomic mass is 79.9. The number of amides is 1. The fourth-order valence-electron chi connectivity index (χ4n) is 3.35. The number of fused-ring (bicyclic) bond motifs is 1. The summed E-state index contributed by atoms with van der Waals surface area (Å²) in [5.41, 5.74) is 4.69. The molecule has 0 aliphatic carbocycles. The summed E-state index contributed by atoms with van der Waals surface area (Å²) in [6, 6.07) is 17.4. The van der Waals surface area contributed by atoms with E-state index in [2.05, 4.69) is 50.7 Å². The number of aromatic nitrogens is 3. The van der Waals surface area contributed by atoms with E-state index in [1.807, 2.05) is 30.3 Å². The van der Waals surface area contributed by atoms with Crippen molar-refractivity contribution in [2.45, 2.75) is 13.3 Å². The van der Waals surface area contributed by atoms with Crippen LogP contribution >= 0.6 is 27.5 Å². The smallest absolute Gasteiger partial charge is 0.224 e. The number of carbonyl (C=O) groups is 1. The maximum atomic E-state index is 12.2. The van der Waals surface area contributed by atoms with Crippen LogP contribution in [-0.4, -0.2) is 33.6 Å². The number of halogens is 2. The van der Waals surface area contributed by atoms with Gasteiger partial charge in [0.2, 0.25) is 5.91 Å². The monoisotopic (exact) mass is 497 g/mol. The van der Waals surface area contributed by atoms with E-state index in [1.165, 1.54) is 0 Å². The van der Waals surface area contributed by atoms with Crippen LogP contribution < -0.4 is 10.6 Å². The van der Waals surface area contributed by atoms with Crippen molar-refractivity contribution < 1.29 is 4.79 Å². The first-order valence-corrected chi connectivity index (χ1v) is 11.0. The van der Waals surface area contributed by atoms with Gasteiger partial charge in [0, 0.05) is 29.7 Å². The van der Waals surface area contributed by atoms with E-state index < -0.39 is 0 Å². The van der Waals surface area contributed by atoms with Crippen LogP contribution in [0.1, 0.15) is 11.1 Å². The number of benzene rings is 2. The third kappa shape index (κ3) is 5.06. The molecule has 0 unspecified atom stereocenters. The molecule has 4 rings (SSSR count). The standard InChI is InChI=1S/C23H21BrClN5O/c1-15-5-2-3-8-18(15)20-13-21(30-23(29-20)19(24)14-28-30)26-9-10-27-22(31)12-16-6-4-7-17(25)11-16/h2-8,11,13-14,26H,9-10,12H2,1H3,(H,27,31). The van der Waals surface area contributed by atoms with Crippen molar-refractivity contribution in [2.75, 3.05) is 18.4 Å². The number of nitrogens with one attached hydrogen (secondary N) is 2. The number of nitrogens with zero attached hydrogens (tertiary/aromatic N) is 3. The third-order valence-electron chi connectivity index (χ3n) is 4.86. The molecule has 4 aromatic rings. The van der Waals surface area contributed by atoms with Gasteiger partial charge in [-0.3, -0.25) is 4.79 Å². The van der Waals surface area contributed by atoms with Gasteiger partial charge in [-0.1, -0.05) is 48.0 Å². The van der Waals surface area contributed by atoms with Crippen molar-refractivity contribution >= 4 is 44.9 Å². The topological polar surface area (TPSA) is 71.3 Å². The van der Waals surface area contributed by atoms with Crippen molar-refractivity contribution in [3.8, 4) is 11.3 Å². The zero-order valence-corrected chi connectivity index (χ0v) is 19.2. The molecule has 0 saturated carbocycles. The highest BCUT2D eigenvalue weighted by molar-refractivity contribution is 9.10. The summed E-state index contributed by atoms with van der Waals surface area (Å²) in [7, 11) is 0. The van der Waals surface area contributed by atoms with Crippen molar-refractivity contribution in [3.05, 3.63) is 81.4 Å². The predicted octanol–water partition coefficient (Wildman–Crippen LogP) is 4.89. The second-order valence-corrected chi connectivity index (χ2v) is 8.44. The number of hydrogen-bond donors (Lipinski definition) is 2. The molecule has 31 heavy (non-hydrogen) atoms. The molecule has 2 aromatic carbocycles. The summed E-state index contributed by atoms with van der Waals surface area (Å²) >= 11 is 9.50.